The number of hydrogen-bond acceptors (Lipinski definition) is 4. The second kappa shape index (κ2) is 8.23. The highest BCUT2D eigenvalue weighted by Gasteiger charge is 2.58. The molecule has 4 amide bonds. The Balaban J connectivity index is 1.60. The van der Waals surface area contributed by atoms with Crippen LogP contribution in [-0.2, 0) is 21.7 Å². The lowest BCUT2D eigenvalue weighted by Gasteiger charge is -2.32. The van der Waals surface area contributed by atoms with Crippen molar-refractivity contribution in [3.63, 3.8) is 0 Å². The Morgan fingerprint density at radius 1 is 1.12 bits per heavy atom. The van der Waals surface area contributed by atoms with Gasteiger partial charge in [0.15, 0.2) is 11.3 Å². The number of carbonyl (C=O) groups is 4. The Morgan fingerprint density at radius 3 is 2.41 bits per heavy atom. The predicted octanol–water partition coefficient (Wildman–Crippen LogP) is 3.14. The third-order valence-corrected chi connectivity index (χ3v) is 6.11. The molecule has 2 aromatic carbocycles. The second-order valence-electron chi connectivity index (χ2n) is 8.24. The summed E-state index contributed by atoms with van der Waals surface area (Å²) < 4.78 is 53.7. The van der Waals surface area contributed by atoms with Crippen molar-refractivity contribution in [2.24, 2.45) is 0 Å². The number of Topliss-reactive ketones (excluding diaryl/α,β-unsaturated/α-hetero) is 1. The standard InChI is InChI=1S/C23H19F4N3O4/c1-13(23(25,26)27)29(11-14-6-8-15(24)9-7-14)19(32)12-30-20(33)22(28-21(30)34)10-18(31)16-4-2-3-5-17(16)22/h2-9,13H,10-12H2,1H3,(H,28,34)/t13?,22-/m0/s1. The highest BCUT2D eigenvalue weighted by atomic mass is 19.4. The number of hydrogen-bond donors (Lipinski definition) is 1. The van der Waals surface area contributed by atoms with Crippen LogP contribution in [0.2, 0.25) is 0 Å². The Labute approximate surface area is 191 Å². The largest absolute Gasteiger partial charge is 0.408 e. The topological polar surface area (TPSA) is 86.8 Å². The van der Waals surface area contributed by atoms with Gasteiger partial charge in [-0.15, -0.1) is 0 Å². The predicted molar refractivity (Wildman–Crippen MR) is 110 cm³/mol. The van der Waals surface area contributed by atoms with Crippen molar-refractivity contribution in [3.05, 3.63) is 71.0 Å². The molecule has 2 atom stereocenters. The molecule has 2 aromatic rings. The van der Waals surface area contributed by atoms with Gasteiger partial charge in [-0.1, -0.05) is 36.4 Å². The van der Waals surface area contributed by atoms with Crippen LogP contribution in [-0.4, -0.2) is 52.2 Å². The summed E-state index contributed by atoms with van der Waals surface area (Å²) >= 11 is 0. The maximum absolute atomic E-state index is 13.5. The molecule has 178 valence electrons. The average molecular weight is 477 g/mol. The van der Waals surface area contributed by atoms with Gasteiger partial charge in [-0.3, -0.25) is 19.3 Å². The van der Waals surface area contributed by atoms with E-state index in [9.17, 15) is 36.7 Å². The number of alkyl halides is 3. The summed E-state index contributed by atoms with van der Waals surface area (Å²) in [6, 6.07) is 7.55. The van der Waals surface area contributed by atoms with Crippen LogP contribution in [0.25, 0.3) is 0 Å². The summed E-state index contributed by atoms with van der Waals surface area (Å²) in [7, 11) is 0. The van der Waals surface area contributed by atoms with Crippen LogP contribution in [0, 0.1) is 5.82 Å². The van der Waals surface area contributed by atoms with E-state index in [1.807, 2.05) is 0 Å². The third kappa shape index (κ3) is 3.91. The summed E-state index contributed by atoms with van der Waals surface area (Å²) in [6.45, 7) is -0.693. The van der Waals surface area contributed by atoms with E-state index < -0.39 is 54.5 Å². The van der Waals surface area contributed by atoms with Gasteiger partial charge in [-0.2, -0.15) is 13.2 Å². The van der Waals surface area contributed by atoms with Gasteiger partial charge in [0.05, 0.1) is 0 Å². The normalized spacial score (nSPS) is 20.5. The number of rotatable bonds is 5. The molecule has 4 rings (SSSR count). The van der Waals surface area contributed by atoms with E-state index in [2.05, 4.69) is 5.32 Å². The van der Waals surface area contributed by atoms with E-state index >= 15 is 0 Å². The van der Waals surface area contributed by atoms with Crippen LogP contribution in [0.15, 0.2) is 48.5 Å². The number of fused-ring (bicyclic) bond motifs is 2. The number of ketones is 1. The molecule has 34 heavy (non-hydrogen) atoms. The molecule has 1 heterocycles. The molecule has 0 aromatic heterocycles. The van der Waals surface area contributed by atoms with Gasteiger partial charge in [0.25, 0.3) is 5.91 Å². The molecule has 7 nitrogen and oxygen atoms in total. The van der Waals surface area contributed by atoms with Crippen molar-refractivity contribution in [3.8, 4) is 0 Å². The maximum Gasteiger partial charge on any atom is 0.408 e. The second-order valence-corrected chi connectivity index (χ2v) is 8.24. The summed E-state index contributed by atoms with van der Waals surface area (Å²) in [5.41, 5.74) is -0.925. The van der Waals surface area contributed by atoms with E-state index in [4.69, 9.17) is 0 Å². The summed E-state index contributed by atoms with van der Waals surface area (Å²) in [5.74, 6) is -2.99. The molecule has 0 bridgehead atoms. The van der Waals surface area contributed by atoms with Gasteiger partial charge in [-0.25, -0.2) is 9.18 Å². The number of nitrogens with one attached hydrogen (secondary N) is 1. The fourth-order valence-corrected chi connectivity index (χ4v) is 4.23. The lowest BCUT2D eigenvalue weighted by molar-refractivity contribution is -0.187. The van der Waals surface area contributed by atoms with Gasteiger partial charge in [-0.05, 0) is 30.2 Å². The summed E-state index contributed by atoms with van der Waals surface area (Å²) in [5, 5.41) is 2.46. The number of halogens is 4. The first-order chi connectivity index (χ1) is 15.9. The molecule has 1 saturated heterocycles. The molecule has 11 heteroatoms. The number of imide groups is 1. The molecule has 1 fully saturated rings. The first-order valence-corrected chi connectivity index (χ1v) is 10.3. The van der Waals surface area contributed by atoms with Crippen LogP contribution in [0.3, 0.4) is 0 Å². The molecule has 0 saturated carbocycles. The minimum Gasteiger partial charge on any atom is -0.325 e. The molecule has 1 aliphatic carbocycles. The van der Waals surface area contributed by atoms with E-state index in [0.717, 1.165) is 19.1 Å². The zero-order chi connectivity index (χ0) is 24.8. The van der Waals surface area contributed by atoms with Crippen molar-refractivity contribution >= 4 is 23.6 Å². The first-order valence-electron chi connectivity index (χ1n) is 10.3. The SMILES string of the molecule is CC(N(Cc1ccc(F)cc1)C(=O)CN1C(=O)N[C@]2(CC(=O)c3ccccc32)C1=O)C(F)(F)F. The molecule has 1 aliphatic heterocycles. The van der Waals surface area contributed by atoms with Crippen molar-refractivity contribution in [1.82, 2.24) is 15.1 Å². The fourth-order valence-electron chi connectivity index (χ4n) is 4.23. The Morgan fingerprint density at radius 2 is 1.76 bits per heavy atom. The minimum absolute atomic E-state index is 0.231. The lowest BCUT2D eigenvalue weighted by atomic mass is 9.92. The van der Waals surface area contributed by atoms with Crippen molar-refractivity contribution in [2.75, 3.05) is 6.54 Å². The van der Waals surface area contributed by atoms with Gasteiger partial charge in [0, 0.05) is 18.5 Å². The van der Waals surface area contributed by atoms with E-state index in [1.165, 1.54) is 24.3 Å². The smallest absolute Gasteiger partial charge is 0.325 e. The number of carbonyl (C=O) groups excluding carboxylic acids is 4. The first kappa shape index (κ1) is 23.4. The minimum atomic E-state index is -4.79. The Hall–Kier alpha value is -3.76. The third-order valence-electron chi connectivity index (χ3n) is 6.11. The molecular formula is C23H19F4N3O4. The number of benzene rings is 2. The van der Waals surface area contributed by atoms with E-state index in [-0.39, 0.29) is 28.9 Å². The highest BCUT2D eigenvalue weighted by Crippen LogP contribution is 2.41. The lowest BCUT2D eigenvalue weighted by Crippen LogP contribution is -2.51. The Bertz CT molecular complexity index is 1180. The molecule has 2 aliphatic rings. The molecule has 1 N–H and O–H groups in total. The monoisotopic (exact) mass is 477 g/mol. The van der Waals surface area contributed by atoms with Crippen LogP contribution in [0.1, 0.15) is 34.8 Å². The fraction of sp³-hybridized carbons (Fsp3) is 0.304. The van der Waals surface area contributed by atoms with E-state index in [0.29, 0.717) is 9.80 Å². The zero-order valence-corrected chi connectivity index (χ0v) is 17.9. The van der Waals surface area contributed by atoms with Crippen molar-refractivity contribution in [2.45, 2.75) is 37.6 Å². The molecule has 0 radical (unpaired) electrons. The molecular weight excluding hydrogens is 458 g/mol. The average Bonchev–Trinajstić information content (AvgIpc) is 3.20. The van der Waals surface area contributed by atoms with Gasteiger partial charge in [0.1, 0.15) is 18.4 Å². The molecule has 1 unspecified atom stereocenters. The zero-order valence-electron chi connectivity index (χ0n) is 17.9. The van der Waals surface area contributed by atoms with E-state index in [1.54, 1.807) is 12.1 Å². The summed E-state index contributed by atoms with van der Waals surface area (Å²) in [4.78, 5) is 52.2. The van der Waals surface area contributed by atoms with Gasteiger partial charge < -0.3 is 10.2 Å². The van der Waals surface area contributed by atoms with Gasteiger partial charge in [0.2, 0.25) is 5.91 Å². The summed E-state index contributed by atoms with van der Waals surface area (Å²) in [6.07, 6.45) is -5.13. The number of urea groups is 1. The number of amides is 4. The van der Waals surface area contributed by atoms with Gasteiger partial charge >= 0.3 is 12.2 Å². The van der Waals surface area contributed by atoms with Crippen LogP contribution in [0.4, 0.5) is 22.4 Å². The number of nitrogens with zero attached hydrogens (tertiary/aromatic N) is 2. The molecule has 1 spiro atoms. The van der Waals surface area contributed by atoms with Crippen LogP contribution < -0.4 is 5.32 Å². The van der Waals surface area contributed by atoms with Crippen LogP contribution >= 0.6 is 0 Å². The van der Waals surface area contributed by atoms with Crippen molar-refractivity contribution in [1.29, 1.82) is 0 Å². The van der Waals surface area contributed by atoms with Crippen LogP contribution in [0.5, 0.6) is 0 Å². The quantitative estimate of drug-likeness (QED) is 0.530. The van der Waals surface area contributed by atoms with Crippen molar-refractivity contribution < 1.29 is 36.7 Å². The maximum atomic E-state index is 13.5. The Kier molecular flexibility index (Phi) is 5.66. The highest BCUT2D eigenvalue weighted by molar-refractivity contribution is 6.16.